The van der Waals surface area contributed by atoms with Crippen LogP contribution in [-0.2, 0) is 26.4 Å². The molecule has 1 aliphatic rings. The summed E-state index contributed by atoms with van der Waals surface area (Å²) in [6.45, 7) is 16.5. The van der Waals surface area contributed by atoms with Gasteiger partial charge in [-0.25, -0.2) is 0 Å². The molecule has 0 fully saturated rings. The topological polar surface area (TPSA) is 39.8 Å². The molecule has 0 aliphatic heterocycles. The molecule has 0 aromatic heterocycles. The van der Waals surface area contributed by atoms with E-state index in [-0.39, 0.29) is 17.1 Å². The van der Waals surface area contributed by atoms with E-state index in [4.69, 9.17) is 9.30 Å². The van der Waals surface area contributed by atoms with E-state index in [2.05, 4.69) is 19.9 Å². The first-order chi connectivity index (χ1) is 8.23. The van der Waals surface area contributed by atoms with Crippen LogP contribution in [0.1, 0.15) is 13.8 Å². The van der Waals surface area contributed by atoms with E-state index in [1.807, 2.05) is 44.6 Å². The summed E-state index contributed by atoms with van der Waals surface area (Å²) >= 11 is 0. The predicted octanol–water partition coefficient (Wildman–Crippen LogP) is 4.12. The molecule has 0 aromatic rings. The summed E-state index contributed by atoms with van der Waals surface area (Å²) in [4.78, 5) is 0. The van der Waals surface area contributed by atoms with Gasteiger partial charge < -0.3 is 17.3 Å². The average molecular weight is 320 g/mol. The minimum absolute atomic E-state index is 0. The van der Waals surface area contributed by atoms with Gasteiger partial charge in [0.1, 0.15) is 0 Å². The largest absolute Gasteiger partial charge is 0.0767 e. The molecule has 19 heavy (non-hydrogen) atoms. The molecule has 0 saturated carbocycles. The van der Waals surface area contributed by atoms with Crippen molar-refractivity contribution >= 4 is 7.25 Å². The van der Waals surface area contributed by atoms with Gasteiger partial charge in [0.25, 0.3) is 0 Å². The fraction of sp³-hybridized carbons (Fsp3) is 0.182. The number of hydrogen-bond donors (Lipinski definition) is 0. The minimum atomic E-state index is -6.00. The van der Waals surface area contributed by atoms with Crippen molar-refractivity contribution in [1.29, 1.82) is 0 Å². The Balaban J connectivity index is -0.0000000448. The molecule has 0 unspecified atom stereocenters. The quantitative estimate of drug-likeness (QED) is 0.212. The van der Waals surface area contributed by atoms with Gasteiger partial charge in [-0.1, -0.05) is 29.9 Å². The zero-order chi connectivity index (χ0) is 15.6. The first-order valence-electron chi connectivity index (χ1n) is 4.30. The number of rotatable bonds is 0. The fourth-order valence-electron chi connectivity index (χ4n) is 0.321. The SMILES string of the molecule is C=C(C)C.F[B-](F)(F)F.[C-]#[O+].[C-]#[O+].[CH]1C=CC=C1.[Fe]. The summed E-state index contributed by atoms with van der Waals surface area (Å²) < 4.78 is 54.0. The molecule has 109 valence electrons. The Labute approximate surface area is 121 Å². The van der Waals surface area contributed by atoms with Crippen molar-refractivity contribution in [2.45, 2.75) is 13.8 Å². The van der Waals surface area contributed by atoms with Crippen molar-refractivity contribution < 1.29 is 43.6 Å². The molecule has 0 bridgehead atoms. The van der Waals surface area contributed by atoms with E-state index >= 15 is 0 Å². The molecule has 8 heteroatoms. The zero-order valence-electron chi connectivity index (χ0n) is 10.4. The van der Waals surface area contributed by atoms with Crippen LogP contribution in [0.3, 0.4) is 0 Å². The normalized spacial score (nSPS) is 9.37. The zero-order valence-corrected chi connectivity index (χ0v) is 11.5. The van der Waals surface area contributed by atoms with E-state index in [0.717, 1.165) is 0 Å². The predicted molar refractivity (Wildman–Crippen MR) is 61.1 cm³/mol. The Morgan fingerprint density at radius 2 is 1.05 bits per heavy atom. The van der Waals surface area contributed by atoms with Gasteiger partial charge in [-0.2, -0.15) is 0 Å². The summed E-state index contributed by atoms with van der Waals surface area (Å²) in [5, 5.41) is 0. The minimum Gasteiger partial charge on any atom is -0.0767 e. The van der Waals surface area contributed by atoms with Gasteiger partial charge in [0.2, 0.25) is 0 Å². The van der Waals surface area contributed by atoms with Gasteiger partial charge in [-0.15, -0.1) is 6.58 Å². The van der Waals surface area contributed by atoms with Crippen LogP contribution in [0, 0.1) is 19.7 Å². The van der Waals surface area contributed by atoms with Crippen LogP contribution in [0.5, 0.6) is 0 Å². The van der Waals surface area contributed by atoms with E-state index in [1.54, 1.807) is 0 Å². The standard InChI is InChI=1S/C5H5.C4H8.2CO.BF4.Fe/c1-2-4-5-3-1;1-4(2)3;2*1-2;2-1(3,4)5;/h1-5H;1H2,2-3H3;;;;/q;;;;-1;. The molecule has 0 heterocycles. The third-order valence-electron chi connectivity index (χ3n) is 0.556. The van der Waals surface area contributed by atoms with Gasteiger partial charge in [0.05, 0.1) is 0 Å². The van der Waals surface area contributed by atoms with E-state index in [9.17, 15) is 17.3 Å². The van der Waals surface area contributed by atoms with Crippen molar-refractivity contribution in [3.63, 3.8) is 0 Å². The summed E-state index contributed by atoms with van der Waals surface area (Å²) in [5.41, 5.74) is 1.17. The summed E-state index contributed by atoms with van der Waals surface area (Å²) in [6, 6.07) is 0. The number of halogens is 4. The first kappa shape index (κ1) is 30.8. The second kappa shape index (κ2) is 25.8. The van der Waals surface area contributed by atoms with Gasteiger partial charge >= 0.3 is 29.9 Å². The average Bonchev–Trinajstić information content (AvgIpc) is 2.77. The molecule has 1 radical (unpaired) electrons. The van der Waals surface area contributed by atoms with Crippen molar-refractivity contribution in [3.05, 3.63) is 56.2 Å². The molecule has 0 amide bonds. The van der Waals surface area contributed by atoms with Crippen molar-refractivity contribution in [1.82, 2.24) is 0 Å². The first-order valence-corrected chi connectivity index (χ1v) is 4.30. The number of allylic oxidation sites excluding steroid dienone is 5. The maximum atomic E-state index is 9.75. The van der Waals surface area contributed by atoms with Gasteiger partial charge in [-0.3, -0.25) is 0 Å². The molecule has 2 nitrogen and oxygen atoms in total. The summed E-state index contributed by atoms with van der Waals surface area (Å²) in [6.07, 6.45) is 10.0. The second-order valence-corrected chi connectivity index (χ2v) is 2.66. The molecule has 1 rings (SSSR count). The summed E-state index contributed by atoms with van der Waals surface area (Å²) in [7, 11) is -6.00. The molecule has 0 aromatic carbocycles. The summed E-state index contributed by atoms with van der Waals surface area (Å²) in [5.74, 6) is 0. The maximum absolute atomic E-state index is 9.75. The van der Waals surface area contributed by atoms with Crippen LogP contribution in [0.25, 0.3) is 0 Å². The molecule has 0 N–H and O–H groups in total. The van der Waals surface area contributed by atoms with E-state index in [0.29, 0.717) is 0 Å². The van der Waals surface area contributed by atoms with E-state index < -0.39 is 7.25 Å². The second-order valence-electron chi connectivity index (χ2n) is 2.66. The van der Waals surface area contributed by atoms with Crippen LogP contribution in [0.4, 0.5) is 17.3 Å². The van der Waals surface area contributed by atoms with E-state index in [1.165, 1.54) is 5.57 Å². The Morgan fingerprint density at radius 1 is 0.895 bits per heavy atom. The van der Waals surface area contributed by atoms with Gasteiger partial charge in [0, 0.05) is 23.5 Å². The molecular weight excluding hydrogens is 307 g/mol. The Kier molecular flexibility index (Phi) is 41.7. The van der Waals surface area contributed by atoms with Crippen LogP contribution >= 0.6 is 0 Å². The smallest absolute Gasteiger partial charge is 0.00506 e. The van der Waals surface area contributed by atoms with Crippen LogP contribution in [-0.4, -0.2) is 7.25 Å². The monoisotopic (exact) mass is 320 g/mol. The molecule has 1 aliphatic carbocycles. The molecule has 0 saturated heterocycles. The number of hydrogen-bond acceptors (Lipinski definition) is 0. The molecular formula is C11H13BF4FeO2-. The van der Waals surface area contributed by atoms with Crippen LogP contribution < -0.4 is 0 Å². The van der Waals surface area contributed by atoms with Crippen molar-refractivity contribution in [3.8, 4) is 0 Å². The van der Waals surface area contributed by atoms with Crippen LogP contribution in [0.2, 0.25) is 0 Å². The van der Waals surface area contributed by atoms with Crippen LogP contribution in [0.15, 0.2) is 36.5 Å². The Hall–Kier alpha value is -0.996. The Morgan fingerprint density at radius 3 is 1.11 bits per heavy atom. The molecule has 0 spiro atoms. The Bertz CT molecular complexity index is 257. The van der Waals surface area contributed by atoms with Gasteiger partial charge in [-0.05, 0) is 13.8 Å². The molecule has 0 atom stereocenters. The third-order valence-corrected chi connectivity index (χ3v) is 0.556. The van der Waals surface area contributed by atoms with Crippen molar-refractivity contribution in [2.75, 3.05) is 0 Å². The maximum Gasteiger partial charge on any atom is 0.00506 e. The fourth-order valence-corrected chi connectivity index (χ4v) is 0.321. The third kappa shape index (κ3) is 239. The van der Waals surface area contributed by atoms with Gasteiger partial charge in [0.15, 0.2) is 0 Å². The van der Waals surface area contributed by atoms with Crippen molar-refractivity contribution in [2.24, 2.45) is 0 Å².